The van der Waals surface area contributed by atoms with E-state index in [4.69, 9.17) is 16.2 Å². The van der Waals surface area contributed by atoms with Crippen LogP contribution in [0.5, 0.6) is 0 Å². The zero-order valence-electron chi connectivity index (χ0n) is 5.78. The fraction of sp³-hybridized carbons (Fsp3) is 1.00. The van der Waals surface area contributed by atoms with Crippen molar-refractivity contribution in [1.29, 1.82) is 0 Å². The van der Waals surface area contributed by atoms with Gasteiger partial charge in [0.15, 0.2) is 0 Å². The van der Waals surface area contributed by atoms with Crippen molar-refractivity contribution in [3.8, 4) is 0 Å². The van der Waals surface area contributed by atoms with Crippen LogP contribution in [-0.4, -0.2) is 29.3 Å². The molecule has 0 saturated carbocycles. The van der Waals surface area contributed by atoms with Gasteiger partial charge in [0.2, 0.25) is 0 Å². The fourth-order valence-electron chi connectivity index (χ4n) is 0.466. The minimum absolute atomic E-state index is 0.226. The van der Waals surface area contributed by atoms with Gasteiger partial charge in [-0.05, 0) is 13.8 Å². The Morgan fingerprint density at radius 3 is 2.00 bits per heavy atom. The molecular formula is C4H10ClNO3S. The predicted molar refractivity (Wildman–Crippen MR) is 39.2 cm³/mol. The summed E-state index contributed by atoms with van der Waals surface area (Å²) in [5.74, 6) is 0. The molecule has 0 aromatic heterocycles. The fourth-order valence-corrected chi connectivity index (χ4v) is 1.77. The molecule has 1 N–H and O–H groups in total. The van der Waals surface area contributed by atoms with E-state index in [-0.39, 0.29) is 12.0 Å². The molecule has 0 amide bonds. The molecule has 0 rings (SSSR count). The summed E-state index contributed by atoms with van der Waals surface area (Å²) in [6.45, 7) is 3.24. The van der Waals surface area contributed by atoms with Gasteiger partial charge in [0.05, 0.1) is 6.00 Å². The Labute approximate surface area is 65.7 Å². The number of rotatable bonds is 3. The highest BCUT2D eigenvalue weighted by Crippen LogP contribution is 2.04. The van der Waals surface area contributed by atoms with Gasteiger partial charge >= 0.3 is 10.3 Å². The Bertz CT molecular complexity index is 189. The van der Waals surface area contributed by atoms with Crippen LogP contribution in [-0.2, 0) is 10.3 Å². The first-order chi connectivity index (χ1) is 4.39. The third-order valence-electron chi connectivity index (χ3n) is 0.990. The molecule has 0 aromatic rings. The molecule has 62 valence electrons. The van der Waals surface area contributed by atoms with Gasteiger partial charge in [0.25, 0.3) is 0 Å². The van der Waals surface area contributed by atoms with Gasteiger partial charge in [0.1, 0.15) is 0 Å². The summed E-state index contributed by atoms with van der Waals surface area (Å²) in [5.41, 5.74) is 0. The molecule has 0 bridgehead atoms. The van der Waals surface area contributed by atoms with E-state index in [0.717, 1.165) is 4.31 Å². The van der Waals surface area contributed by atoms with Gasteiger partial charge in [-0.25, -0.2) is 0 Å². The minimum Gasteiger partial charge on any atom is -0.273 e. The topological polar surface area (TPSA) is 57.6 Å². The Hall–Kier alpha value is 0.160. The van der Waals surface area contributed by atoms with Crippen LogP contribution in [0, 0.1) is 0 Å². The average molecular weight is 188 g/mol. The normalized spacial score (nSPS) is 13.0. The van der Waals surface area contributed by atoms with Crippen LogP contribution < -0.4 is 0 Å². The smallest absolute Gasteiger partial charge is 0.273 e. The molecule has 0 spiro atoms. The molecule has 4 nitrogen and oxygen atoms in total. The van der Waals surface area contributed by atoms with E-state index < -0.39 is 10.3 Å². The van der Waals surface area contributed by atoms with Crippen molar-refractivity contribution < 1.29 is 13.0 Å². The van der Waals surface area contributed by atoms with Crippen molar-refractivity contribution in [2.75, 3.05) is 6.00 Å². The van der Waals surface area contributed by atoms with Gasteiger partial charge in [0, 0.05) is 6.04 Å². The molecule has 0 aromatic carbocycles. The number of nitrogens with zero attached hydrogens (tertiary/aromatic N) is 1. The van der Waals surface area contributed by atoms with Gasteiger partial charge in [-0.1, -0.05) is 0 Å². The Morgan fingerprint density at radius 2 is 2.00 bits per heavy atom. The van der Waals surface area contributed by atoms with Gasteiger partial charge < -0.3 is 0 Å². The number of alkyl halides is 1. The second-order valence-electron chi connectivity index (χ2n) is 2.08. The second-order valence-corrected chi connectivity index (χ2v) is 3.68. The highest BCUT2D eigenvalue weighted by Gasteiger charge is 2.20. The lowest BCUT2D eigenvalue weighted by atomic mass is 10.4. The highest BCUT2D eigenvalue weighted by molar-refractivity contribution is 7.83. The van der Waals surface area contributed by atoms with Crippen LogP contribution in [0.15, 0.2) is 0 Å². The minimum atomic E-state index is -4.11. The van der Waals surface area contributed by atoms with Crippen molar-refractivity contribution in [1.82, 2.24) is 4.31 Å². The van der Waals surface area contributed by atoms with E-state index in [1.807, 2.05) is 0 Å². The van der Waals surface area contributed by atoms with E-state index in [0.29, 0.717) is 0 Å². The molecule has 0 saturated heterocycles. The summed E-state index contributed by atoms with van der Waals surface area (Å²) in [6, 6.07) is -0.538. The maximum atomic E-state index is 10.4. The molecule has 0 aliphatic carbocycles. The van der Waals surface area contributed by atoms with Crippen molar-refractivity contribution >= 4 is 21.9 Å². The Morgan fingerprint density at radius 1 is 1.60 bits per heavy atom. The standard InChI is InChI=1S/C4H10ClNO3S/c1-4(2)6(3-5)10(7,8)9/h4H,3H2,1-2H3,(H,7,8,9). The second kappa shape index (κ2) is 3.52. The van der Waals surface area contributed by atoms with E-state index in [1.165, 1.54) is 0 Å². The van der Waals surface area contributed by atoms with Gasteiger partial charge in [-0.3, -0.25) is 4.55 Å². The van der Waals surface area contributed by atoms with Crippen LogP contribution in [0.25, 0.3) is 0 Å². The molecule has 0 fully saturated rings. The summed E-state index contributed by atoms with van der Waals surface area (Å²) in [7, 11) is -4.11. The van der Waals surface area contributed by atoms with E-state index in [1.54, 1.807) is 13.8 Å². The lowest BCUT2D eigenvalue weighted by Gasteiger charge is -2.18. The number of hydrogen-bond acceptors (Lipinski definition) is 2. The van der Waals surface area contributed by atoms with Crippen LogP contribution >= 0.6 is 11.6 Å². The molecule has 0 aliphatic heterocycles. The molecule has 0 aliphatic rings. The largest absolute Gasteiger partial charge is 0.337 e. The van der Waals surface area contributed by atoms with Gasteiger partial charge in [-0.15, -0.1) is 11.6 Å². The first kappa shape index (κ1) is 10.2. The molecular weight excluding hydrogens is 178 g/mol. The lowest BCUT2D eigenvalue weighted by Crippen LogP contribution is -2.35. The summed E-state index contributed by atoms with van der Waals surface area (Å²) in [5, 5.41) is 0. The molecule has 0 radical (unpaired) electrons. The lowest BCUT2D eigenvalue weighted by molar-refractivity contribution is 0.340. The Balaban J connectivity index is 4.38. The zero-order chi connectivity index (χ0) is 8.36. The summed E-state index contributed by atoms with van der Waals surface area (Å²) < 4.78 is 30.0. The van der Waals surface area contributed by atoms with Crippen molar-refractivity contribution in [3.05, 3.63) is 0 Å². The first-order valence-corrected chi connectivity index (χ1v) is 4.63. The van der Waals surface area contributed by atoms with E-state index >= 15 is 0 Å². The summed E-state index contributed by atoms with van der Waals surface area (Å²) in [6.07, 6.45) is 0. The highest BCUT2D eigenvalue weighted by atomic mass is 35.5. The third-order valence-corrected chi connectivity index (χ3v) is 2.53. The van der Waals surface area contributed by atoms with Crippen molar-refractivity contribution in [2.24, 2.45) is 0 Å². The third kappa shape index (κ3) is 2.83. The average Bonchev–Trinajstić information content (AvgIpc) is 1.60. The SMILES string of the molecule is CC(C)N(CCl)S(=O)(=O)O. The van der Waals surface area contributed by atoms with Crippen LogP contribution in [0.2, 0.25) is 0 Å². The van der Waals surface area contributed by atoms with E-state index in [2.05, 4.69) is 0 Å². The summed E-state index contributed by atoms with van der Waals surface area (Å²) in [4.78, 5) is 0. The zero-order valence-corrected chi connectivity index (χ0v) is 7.35. The van der Waals surface area contributed by atoms with Crippen LogP contribution in [0.3, 0.4) is 0 Å². The molecule has 6 heteroatoms. The maximum Gasteiger partial charge on any atom is 0.337 e. The first-order valence-electron chi connectivity index (χ1n) is 2.69. The quantitative estimate of drug-likeness (QED) is 0.402. The Kier molecular flexibility index (Phi) is 3.58. The van der Waals surface area contributed by atoms with Crippen LogP contribution in [0.1, 0.15) is 13.8 Å². The molecule has 0 unspecified atom stereocenters. The predicted octanol–water partition coefficient (Wildman–Crippen LogP) is 0.696. The summed E-state index contributed by atoms with van der Waals surface area (Å²) >= 11 is 5.23. The molecule has 0 atom stereocenters. The molecule has 10 heavy (non-hydrogen) atoms. The monoisotopic (exact) mass is 187 g/mol. The number of halogens is 1. The maximum absolute atomic E-state index is 10.4. The van der Waals surface area contributed by atoms with Gasteiger partial charge in [-0.2, -0.15) is 12.7 Å². The van der Waals surface area contributed by atoms with Crippen molar-refractivity contribution in [2.45, 2.75) is 19.9 Å². The molecule has 0 heterocycles. The van der Waals surface area contributed by atoms with Crippen LogP contribution in [0.4, 0.5) is 0 Å². The van der Waals surface area contributed by atoms with E-state index in [9.17, 15) is 8.42 Å². The number of hydrogen-bond donors (Lipinski definition) is 1. The van der Waals surface area contributed by atoms with Crippen molar-refractivity contribution in [3.63, 3.8) is 0 Å².